The van der Waals surface area contributed by atoms with Crippen LogP contribution in [0.3, 0.4) is 0 Å². The first-order valence-corrected chi connectivity index (χ1v) is 7.47. The number of halogens is 1. The van der Waals surface area contributed by atoms with Crippen LogP contribution in [0.25, 0.3) is 5.69 Å². The van der Waals surface area contributed by atoms with Crippen molar-refractivity contribution in [2.75, 3.05) is 11.9 Å². The number of nitrogens with one attached hydrogen (secondary N) is 2. The van der Waals surface area contributed by atoms with Crippen molar-refractivity contribution in [1.82, 2.24) is 15.1 Å². The minimum absolute atomic E-state index is 0. The van der Waals surface area contributed by atoms with Crippen LogP contribution in [0.4, 0.5) is 5.69 Å². The molecule has 8 heteroatoms. The van der Waals surface area contributed by atoms with Crippen molar-refractivity contribution in [3.05, 3.63) is 42.7 Å². The van der Waals surface area contributed by atoms with Gasteiger partial charge < -0.3 is 16.4 Å². The number of amides is 2. The standard InChI is InChI=1S/C16H21N5O2.ClH/c1-12(17)3-8-15(22)18-11-16(23)20-13-4-6-14(7-5-13)21-10-2-9-19-21;/h2,4-7,9-10,12H,3,8,11,17H2,1H3,(H,18,22)(H,20,23);1H. The molecule has 0 fully saturated rings. The van der Waals surface area contributed by atoms with E-state index < -0.39 is 0 Å². The van der Waals surface area contributed by atoms with E-state index in [-0.39, 0.29) is 36.8 Å². The van der Waals surface area contributed by atoms with Crippen molar-refractivity contribution in [3.63, 3.8) is 0 Å². The molecule has 130 valence electrons. The monoisotopic (exact) mass is 351 g/mol. The summed E-state index contributed by atoms with van der Waals surface area (Å²) >= 11 is 0. The average Bonchev–Trinajstić information content (AvgIpc) is 3.06. The van der Waals surface area contributed by atoms with E-state index in [0.717, 1.165) is 5.69 Å². The highest BCUT2D eigenvalue weighted by Gasteiger charge is 2.07. The lowest BCUT2D eigenvalue weighted by atomic mass is 10.2. The molecule has 4 N–H and O–H groups in total. The molecule has 2 amide bonds. The Morgan fingerprint density at radius 3 is 2.54 bits per heavy atom. The number of carbonyl (C=O) groups excluding carboxylic acids is 2. The topological polar surface area (TPSA) is 102 Å². The first-order chi connectivity index (χ1) is 11.0. The second-order valence-corrected chi connectivity index (χ2v) is 5.34. The lowest BCUT2D eigenvalue weighted by Crippen LogP contribution is -2.33. The van der Waals surface area contributed by atoms with Gasteiger partial charge in [0, 0.05) is 30.5 Å². The molecule has 0 saturated heterocycles. The number of hydrogen-bond donors (Lipinski definition) is 3. The minimum atomic E-state index is -0.272. The first-order valence-electron chi connectivity index (χ1n) is 7.47. The van der Waals surface area contributed by atoms with E-state index in [1.807, 2.05) is 31.3 Å². The first kappa shape index (κ1) is 19.7. The van der Waals surface area contributed by atoms with Crippen LogP contribution in [0.15, 0.2) is 42.7 Å². The Bertz CT molecular complexity index is 641. The van der Waals surface area contributed by atoms with E-state index in [4.69, 9.17) is 5.73 Å². The molecular weight excluding hydrogens is 330 g/mol. The van der Waals surface area contributed by atoms with E-state index in [9.17, 15) is 9.59 Å². The number of nitrogens with zero attached hydrogens (tertiary/aromatic N) is 2. The third-order valence-corrected chi connectivity index (χ3v) is 3.19. The van der Waals surface area contributed by atoms with Gasteiger partial charge >= 0.3 is 0 Å². The fourth-order valence-corrected chi connectivity index (χ4v) is 1.95. The number of carbonyl (C=O) groups is 2. The van der Waals surface area contributed by atoms with Gasteiger partial charge in [-0.15, -0.1) is 12.4 Å². The zero-order valence-electron chi connectivity index (χ0n) is 13.4. The van der Waals surface area contributed by atoms with E-state index in [0.29, 0.717) is 18.5 Å². The summed E-state index contributed by atoms with van der Waals surface area (Å²) in [4.78, 5) is 23.3. The van der Waals surface area contributed by atoms with Crippen molar-refractivity contribution >= 4 is 29.9 Å². The van der Waals surface area contributed by atoms with Crippen LogP contribution >= 0.6 is 12.4 Å². The largest absolute Gasteiger partial charge is 0.347 e. The molecule has 1 aromatic heterocycles. The van der Waals surface area contributed by atoms with Gasteiger partial charge in [0.15, 0.2) is 0 Å². The summed E-state index contributed by atoms with van der Waals surface area (Å²) in [6, 6.07) is 9.08. The molecular formula is C16H22ClN5O2. The maximum atomic E-state index is 11.8. The fraction of sp³-hybridized carbons (Fsp3) is 0.312. The maximum Gasteiger partial charge on any atom is 0.243 e. The second kappa shape index (κ2) is 9.69. The second-order valence-electron chi connectivity index (χ2n) is 5.34. The highest BCUT2D eigenvalue weighted by Crippen LogP contribution is 2.12. The lowest BCUT2D eigenvalue weighted by molar-refractivity contribution is -0.124. The van der Waals surface area contributed by atoms with Gasteiger partial charge in [0.25, 0.3) is 0 Å². The number of aromatic nitrogens is 2. The zero-order chi connectivity index (χ0) is 16.7. The maximum absolute atomic E-state index is 11.8. The molecule has 1 aromatic carbocycles. The van der Waals surface area contributed by atoms with Gasteiger partial charge in [0.2, 0.25) is 11.8 Å². The predicted octanol–water partition coefficient (Wildman–Crippen LogP) is 1.48. The van der Waals surface area contributed by atoms with Crippen molar-refractivity contribution < 1.29 is 9.59 Å². The number of rotatable bonds is 7. The molecule has 1 unspecified atom stereocenters. The molecule has 0 saturated carbocycles. The summed E-state index contributed by atoms with van der Waals surface area (Å²) in [5.41, 5.74) is 7.14. The van der Waals surface area contributed by atoms with Crippen LogP contribution in [0, 0.1) is 0 Å². The Kier molecular flexibility index (Phi) is 7.94. The molecule has 1 atom stereocenters. The summed E-state index contributed by atoms with van der Waals surface area (Å²) in [6.45, 7) is 1.78. The third-order valence-electron chi connectivity index (χ3n) is 3.19. The molecule has 0 spiro atoms. The molecule has 0 aliphatic heterocycles. The molecule has 0 aliphatic carbocycles. The summed E-state index contributed by atoms with van der Waals surface area (Å²) in [7, 11) is 0. The number of anilines is 1. The smallest absolute Gasteiger partial charge is 0.243 e. The Labute approximate surface area is 147 Å². The summed E-state index contributed by atoms with van der Waals surface area (Å²) in [5.74, 6) is -0.447. The van der Waals surface area contributed by atoms with E-state index in [2.05, 4.69) is 15.7 Å². The Hall–Kier alpha value is -2.38. The van der Waals surface area contributed by atoms with E-state index >= 15 is 0 Å². The van der Waals surface area contributed by atoms with Crippen LogP contribution in [-0.2, 0) is 9.59 Å². The number of benzene rings is 1. The van der Waals surface area contributed by atoms with Gasteiger partial charge in [-0.2, -0.15) is 5.10 Å². The molecule has 2 rings (SSSR count). The van der Waals surface area contributed by atoms with Crippen molar-refractivity contribution in [2.45, 2.75) is 25.8 Å². The van der Waals surface area contributed by atoms with Gasteiger partial charge in [0.1, 0.15) is 0 Å². The summed E-state index contributed by atoms with van der Waals surface area (Å²) in [6.07, 6.45) is 4.46. The highest BCUT2D eigenvalue weighted by molar-refractivity contribution is 5.94. The van der Waals surface area contributed by atoms with Crippen molar-refractivity contribution in [3.8, 4) is 5.69 Å². The SMILES string of the molecule is CC(N)CCC(=O)NCC(=O)Nc1ccc(-n2cccn2)cc1.Cl. The summed E-state index contributed by atoms with van der Waals surface area (Å²) in [5, 5.41) is 9.43. The summed E-state index contributed by atoms with van der Waals surface area (Å²) < 4.78 is 1.73. The van der Waals surface area contributed by atoms with Crippen LogP contribution < -0.4 is 16.4 Å². The van der Waals surface area contributed by atoms with E-state index in [1.165, 1.54) is 0 Å². The highest BCUT2D eigenvalue weighted by atomic mass is 35.5. The Morgan fingerprint density at radius 2 is 1.96 bits per heavy atom. The molecule has 7 nitrogen and oxygen atoms in total. The van der Waals surface area contributed by atoms with Gasteiger partial charge in [-0.05, 0) is 43.7 Å². The van der Waals surface area contributed by atoms with Crippen molar-refractivity contribution in [2.24, 2.45) is 5.73 Å². The third kappa shape index (κ3) is 6.39. The fourth-order valence-electron chi connectivity index (χ4n) is 1.95. The molecule has 2 aromatic rings. The molecule has 0 aliphatic rings. The Balaban J connectivity index is 0.00000288. The van der Waals surface area contributed by atoms with E-state index in [1.54, 1.807) is 23.0 Å². The van der Waals surface area contributed by atoms with Gasteiger partial charge in [-0.3, -0.25) is 9.59 Å². The van der Waals surface area contributed by atoms with Gasteiger partial charge in [0.05, 0.1) is 12.2 Å². The number of hydrogen-bond acceptors (Lipinski definition) is 4. The molecule has 0 radical (unpaired) electrons. The van der Waals surface area contributed by atoms with Gasteiger partial charge in [-0.1, -0.05) is 0 Å². The number of nitrogens with two attached hydrogens (primary N) is 1. The van der Waals surface area contributed by atoms with Crippen LogP contribution in [0.5, 0.6) is 0 Å². The van der Waals surface area contributed by atoms with Gasteiger partial charge in [-0.25, -0.2) is 4.68 Å². The predicted molar refractivity (Wildman–Crippen MR) is 95.3 cm³/mol. The normalized spacial score (nSPS) is 11.2. The average molecular weight is 352 g/mol. The molecule has 24 heavy (non-hydrogen) atoms. The van der Waals surface area contributed by atoms with Crippen LogP contribution in [-0.4, -0.2) is 34.2 Å². The van der Waals surface area contributed by atoms with Crippen molar-refractivity contribution in [1.29, 1.82) is 0 Å². The molecule has 1 heterocycles. The van der Waals surface area contributed by atoms with Crippen LogP contribution in [0.2, 0.25) is 0 Å². The quantitative estimate of drug-likeness (QED) is 0.703. The minimum Gasteiger partial charge on any atom is -0.347 e. The lowest BCUT2D eigenvalue weighted by Gasteiger charge is -2.08. The zero-order valence-corrected chi connectivity index (χ0v) is 14.3. The molecule has 0 bridgehead atoms. The Morgan fingerprint density at radius 1 is 1.25 bits per heavy atom. The van der Waals surface area contributed by atoms with Crippen LogP contribution in [0.1, 0.15) is 19.8 Å².